The first-order valence-electron chi connectivity index (χ1n) is 10.3. The molecule has 0 bridgehead atoms. The Labute approximate surface area is 197 Å². The van der Waals surface area contributed by atoms with E-state index in [1.54, 1.807) is 0 Å². The number of nitrogen functional groups attached to an aromatic ring is 1. The zero-order valence-electron chi connectivity index (χ0n) is 16.8. The van der Waals surface area contributed by atoms with Crippen LogP contribution in [0.5, 0.6) is 0 Å². The number of benzene rings is 1. The second-order valence-electron chi connectivity index (χ2n) is 7.87. The van der Waals surface area contributed by atoms with Crippen molar-refractivity contribution >= 4 is 63.5 Å². The van der Waals surface area contributed by atoms with Gasteiger partial charge in [0.25, 0.3) is 0 Å². The monoisotopic (exact) mass is 548 g/mol. The van der Waals surface area contributed by atoms with Crippen molar-refractivity contribution < 1.29 is 9.59 Å². The van der Waals surface area contributed by atoms with Gasteiger partial charge in [-0.05, 0) is 66.0 Å². The minimum atomic E-state index is 0.206. The number of aromatic nitrogens is 4. The summed E-state index contributed by atoms with van der Waals surface area (Å²) < 4.78 is 3.18. The zero-order chi connectivity index (χ0) is 21.5. The number of anilines is 1. The van der Waals surface area contributed by atoms with Gasteiger partial charge in [0, 0.05) is 39.6 Å². The maximum absolute atomic E-state index is 12.2. The lowest BCUT2D eigenvalue weighted by Gasteiger charge is -2.38. The molecule has 1 aliphatic heterocycles. The Hall–Kier alpha value is -2.21. The summed E-state index contributed by atoms with van der Waals surface area (Å²) in [6.07, 6.45) is 6.70. The van der Waals surface area contributed by atoms with Gasteiger partial charge in [0.15, 0.2) is 27.9 Å². The number of amides is 1. The highest BCUT2D eigenvalue weighted by Crippen LogP contribution is 2.37. The minimum absolute atomic E-state index is 0.206. The quantitative estimate of drug-likeness (QED) is 0.357. The summed E-state index contributed by atoms with van der Waals surface area (Å²) in [5, 5.41) is 0.784. The number of nitrogens with two attached hydrogens (primary N) is 1. The first kappa shape index (κ1) is 20.7. The van der Waals surface area contributed by atoms with Gasteiger partial charge in [-0.1, -0.05) is 11.8 Å². The van der Waals surface area contributed by atoms with Crippen molar-refractivity contribution in [1.29, 1.82) is 0 Å². The molecule has 0 spiro atoms. The van der Waals surface area contributed by atoms with Crippen LogP contribution in [-0.4, -0.2) is 49.2 Å². The number of carbonyl (C=O) groups excluding carboxylic acids is 2. The van der Waals surface area contributed by atoms with Gasteiger partial charge >= 0.3 is 0 Å². The van der Waals surface area contributed by atoms with E-state index in [0.29, 0.717) is 29.4 Å². The molecule has 5 rings (SSSR count). The minimum Gasteiger partial charge on any atom is -0.382 e. The molecule has 2 aromatic heterocycles. The van der Waals surface area contributed by atoms with Gasteiger partial charge in [-0.15, -0.1) is 0 Å². The molecule has 2 aliphatic rings. The molecular weight excluding hydrogens is 527 g/mol. The summed E-state index contributed by atoms with van der Waals surface area (Å²) >= 11 is 3.85. The molecular formula is C21H21IN6O2S. The van der Waals surface area contributed by atoms with Crippen LogP contribution in [0.1, 0.15) is 41.6 Å². The van der Waals surface area contributed by atoms with Crippen LogP contribution in [0.3, 0.4) is 0 Å². The van der Waals surface area contributed by atoms with E-state index in [1.807, 2.05) is 11.0 Å². The molecule has 1 aromatic carbocycles. The maximum atomic E-state index is 12.2. The Morgan fingerprint density at radius 2 is 2.16 bits per heavy atom. The van der Waals surface area contributed by atoms with Crippen LogP contribution >= 0.6 is 34.4 Å². The molecule has 0 saturated carbocycles. The molecule has 1 unspecified atom stereocenters. The van der Waals surface area contributed by atoms with E-state index in [4.69, 9.17) is 10.7 Å². The number of likely N-dealkylation sites (tertiary alicyclic amines) is 1. The number of carbonyl (C=O) groups is 2. The summed E-state index contributed by atoms with van der Waals surface area (Å²) in [6, 6.07) is 4.42. The lowest BCUT2D eigenvalue weighted by Crippen LogP contribution is -2.46. The van der Waals surface area contributed by atoms with E-state index in [9.17, 15) is 9.59 Å². The van der Waals surface area contributed by atoms with Crippen LogP contribution in [0.15, 0.2) is 28.5 Å². The maximum Gasteiger partial charge on any atom is 0.209 e. The number of fused-ring (bicyclic) bond motifs is 2. The fourth-order valence-corrected chi connectivity index (χ4v) is 6.05. The van der Waals surface area contributed by atoms with Crippen molar-refractivity contribution in [3.05, 3.63) is 33.2 Å². The fraction of sp³-hybridized carbons (Fsp3) is 0.381. The van der Waals surface area contributed by atoms with Gasteiger partial charge in [-0.3, -0.25) is 9.59 Å². The zero-order valence-corrected chi connectivity index (χ0v) is 19.7. The molecule has 3 heterocycles. The third-order valence-corrected chi connectivity index (χ3v) is 8.36. The van der Waals surface area contributed by atoms with E-state index in [1.165, 1.54) is 18.1 Å². The van der Waals surface area contributed by atoms with Gasteiger partial charge in [-0.2, -0.15) is 0 Å². The van der Waals surface area contributed by atoms with E-state index in [0.717, 1.165) is 69.9 Å². The molecule has 2 N–H and O–H groups in total. The van der Waals surface area contributed by atoms with Crippen molar-refractivity contribution in [2.45, 2.75) is 54.7 Å². The number of ketones is 1. The number of rotatable bonds is 7. The van der Waals surface area contributed by atoms with Gasteiger partial charge in [-0.25, -0.2) is 15.0 Å². The highest BCUT2D eigenvalue weighted by atomic mass is 127. The Morgan fingerprint density at radius 1 is 1.29 bits per heavy atom. The number of Topliss-reactive ketones (excluding diaryl/α,β-unsaturated/α-hetero) is 1. The molecule has 1 fully saturated rings. The summed E-state index contributed by atoms with van der Waals surface area (Å²) in [7, 11) is 0. The van der Waals surface area contributed by atoms with E-state index in [-0.39, 0.29) is 5.78 Å². The van der Waals surface area contributed by atoms with Gasteiger partial charge in [0.1, 0.15) is 6.33 Å². The van der Waals surface area contributed by atoms with E-state index < -0.39 is 0 Å². The average molecular weight is 548 g/mol. The molecule has 3 aromatic rings. The van der Waals surface area contributed by atoms with Gasteiger partial charge < -0.3 is 15.2 Å². The first-order chi connectivity index (χ1) is 15.0. The standard InChI is InChI=1S/C21H21IN6O2S/c22-15-8-12-3-4-16(30)14(12)9-17(15)31-21-26-18-19(23)24-10-25-20(18)28(21)6-1-2-13-5-7-27(13)11-29/h8-11,13H,1-7H2,(H2,23,24,25). The van der Waals surface area contributed by atoms with Crippen LogP contribution in [0.2, 0.25) is 0 Å². The number of hydrogen-bond donors (Lipinski definition) is 1. The molecule has 8 nitrogen and oxygen atoms in total. The van der Waals surface area contributed by atoms with Crippen LogP contribution in [0.4, 0.5) is 5.82 Å². The molecule has 31 heavy (non-hydrogen) atoms. The van der Waals surface area contributed by atoms with Crippen LogP contribution in [-0.2, 0) is 17.8 Å². The number of halogens is 1. The van der Waals surface area contributed by atoms with Crippen LogP contribution < -0.4 is 5.73 Å². The average Bonchev–Trinajstić information content (AvgIpc) is 3.26. The number of imidazole rings is 1. The second-order valence-corrected chi connectivity index (χ2v) is 10.0. The fourth-order valence-electron chi connectivity index (χ4n) is 4.23. The molecule has 1 amide bonds. The molecule has 1 saturated heterocycles. The highest BCUT2D eigenvalue weighted by molar-refractivity contribution is 14.1. The first-order valence-corrected chi connectivity index (χ1v) is 12.2. The highest BCUT2D eigenvalue weighted by Gasteiger charge is 2.26. The van der Waals surface area contributed by atoms with Crippen molar-refractivity contribution in [2.24, 2.45) is 0 Å². The Balaban J connectivity index is 1.45. The summed E-state index contributed by atoms with van der Waals surface area (Å²) in [5.41, 5.74) is 9.32. The third kappa shape index (κ3) is 3.79. The van der Waals surface area contributed by atoms with E-state index in [2.05, 4.69) is 43.2 Å². The summed E-state index contributed by atoms with van der Waals surface area (Å²) in [4.78, 5) is 39.4. The Kier molecular flexibility index (Phi) is 5.59. The Bertz CT molecular complexity index is 1200. The SMILES string of the molecule is Nc1ncnc2c1nc(Sc1cc3c(cc1I)CCC3=O)n2CCCC1CCN1C=O. The predicted octanol–water partition coefficient (Wildman–Crippen LogP) is 3.30. The predicted molar refractivity (Wildman–Crippen MR) is 126 cm³/mol. The lowest BCUT2D eigenvalue weighted by atomic mass is 9.99. The van der Waals surface area contributed by atoms with Crippen molar-refractivity contribution in [3.8, 4) is 0 Å². The molecule has 0 radical (unpaired) electrons. The molecule has 1 aliphatic carbocycles. The third-order valence-electron chi connectivity index (χ3n) is 6.05. The molecule has 10 heteroatoms. The topological polar surface area (TPSA) is 107 Å². The van der Waals surface area contributed by atoms with E-state index >= 15 is 0 Å². The van der Waals surface area contributed by atoms with Crippen molar-refractivity contribution in [2.75, 3.05) is 12.3 Å². The summed E-state index contributed by atoms with van der Waals surface area (Å²) in [5.74, 6) is 0.563. The summed E-state index contributed by atoms with van der Waals surface area (Å²) in [6.45, 7) is 1.57. The largest absolute Gasteiger partial charge is 0.382 e. The lowest BCUT2D eigenvalue weighted by molar-refractivity contribution is -0.125. The smallest absolute Gasteiger partial charge is 0.209 e. The number of hydrogen-bond acceptors (Lipinski definition) is 7. The Morgan fingerprint density at radius 3 is 2.94 bits per heavy atom. The number of aryl methyl sites for hydroxylation is 2. The number of nitrogens with zero attached hydrogens (tertiary/aromatic N) is 5. The van der Waals surface area contributed by atoms with Crippen LogP contribution in [0, 0.1) is 3.57 Å². The van der Waals surface area contributed by atoms with Crippen molar-refractivity contribution in [3.63, 3.8) is 0 Å². The van der Waals surface area contributed by atoms with Crippen LogP contribution in [0.25, 0.3) is 11.2 Å². The molecule has 160 valence electrons. The van der Waals surface area contributed by atoms with Crippen molar-refractivity contribution in [1.82, 2.24) is 24.4 Å². The second kappa shape index (κ2) is 8.38. The molecule has 1 atom stereocenters. The normalized spacial score (nSPS) is 17.8. The van der Waals surface area contributed by atoms with Gasteiger partial charge in [0.2, 0.25) is 6.41 Å². The van der Waals surface area contributed by atoms with Gasteiger partial charge in [0.05, 0.1) is 0 Å².